The van der Waals surface area contributed by atoms with E-state index in [0.717, 1.165) is 24.3 Å². The smallest absolute Gasteiger partial charge is 0.267 e. The van der Waals surface area contributed by atoms with Crippen LogP contribution in [0.2, 0.25) is 0 Å². The van der Waals surface area contributed by atoms with Crippen LogP contribution in [0.15, 0.2) is 35.3 Å². The minimum absolute atomic E-state index is 0.181. The van der Waals surface area contributed by atoms with Gasteiger partial charge in [-0.15, -0.1) is 5.10 Å². The molecule has 2 aromatic heterocycles. The molecule has 0 saturated carbocycles. The largest absolute Gasteiger partial charge is 0.480 e. The fraction of sp³-hybridized carbons (Fsp3) is 0.357. The lowest BCUT2D eigenvalue weighted by molar-refractivity contribution is 0.378. The molecule has 0 atom stereocenters. The number of methoxy groups -OCH3 is 1. The van der Waals surface area contributed by atoms with Gasteiger partial charge in [-0.3, -0.25) is 9.78 Å². The van der Waals surface area contributed by atoms with Crippen molar-refractivity contribution in [2.24, 2.45) is 0 Å². The summed E-state index contributed by atoms with van der Waals surface area (Å²) in [5, 5.41) is 7.38. The summed E-state index contributed by atoms with van der Waals surface area (Å²) >= 11 is 0. The maximum atomic E-state index is 11.8. The minimum atomic E-state index is -0.181. The molecule has 6 nitrogen and oxygen atoms in total. The monoisotopic (exact) mass is 274 g/mol. The van der Waals surface area contributed by atoms with E-state index in [-0.39, 0.29) is 5.56 Å². The number of pyridine rings is 1. The Morgan fingerprint density at radius 1 is 1.35 bits per heavy atom. The summed E-state index contributed by atoms with van der Waals surface area (Å²) in [6.45, 7) is 3.33. The SMILES string of the molecule is CCCNc1ccnc(Cn2nc(OC)ccc2=O)c1. The second kappa shape index (κ2) is 6.70. The van der Waals surface area contributed by atoms with Gasteiger partial charge in [-0.25, -0.2) is 4.68 Å². The van der Waals surface area contributed by atoms with Crippen molar-refractivity contribution in [1.29, 1.82) is 0 Å². The highest BCUT2D eigenvalue weighted by atomic mass is 16.5. The van der Waals surface area contributed by atoms with Crippen LogP contribution in [0.1, 0.15) is 19.0 Å². The number of aromatic nitrogens is 3. The fourth-order valence-corrected chi connectivity index (χ4v) is 1.75. The second-order valence-corrected chi connectivity index (χ2v) is 4.33. The lowest BCUT2D eigenvalue weighted by Gasteiger charge is -2.08. The first-order valence-electron chi connectivity index (χ1n) is 6.54. The van der Waals surface area contributed by atoms with Gasteiger partial charge in [0, 0.05) is 30.6 Å². The van der Waals surface area contributed by atoms with Gasteiger partial charge >= 0.3 is 0 Å². The van der Waals surface area contributed by atoms with E-state index >= 15 is 0 Å². The molecule has 2 heterocycles. The summed E-state index contributed by atoms with van der Waals surface area (Å²) in [7, 11) is 1.52. The van der Waals surface area contributed by atoms with Crippen LogP contribution in [0.25, 0.3) is 0 Å². The molecule has 0 aliphatic rings. The lowest BCUT2D eigenvalue weighted by atomic mass is 10.3. The molecule has 106 valence electrons. The summed E-state index contributed by atoms with van der Waals surface area (Å²) in [5.41, 5.74) is 1.58. The van der Waals surface area contributed by atoms with E-state index in [9.17, 15) is 4.79 Å². The van der Waals surface area contributed by atoms with E-state index in [1.165, 1.54) is 17.9 Å². The number of nitrogens with zero attached hydrogens (tertiary/aromatic N) is 3. The number of ether oxygens (including phenoxy) is 1. The number of anilines is 1. The van der Waals surface area contributed by atoms with Crippen molar-refractivity contribution in [3.8, 4) is 5.88 Å². The van der Waals surface area contributed by atoms with Crippen LogP contribution in [0.5, 0.6) is 5.88 Å². The van der Waals surface area contributed by atoms with Crippen molar-refractivity contribution in [1.82, 2.24) is 14.8 Å². The maximum absolute atomic E-state index is 11.8. The van der Waals surface area contributed by atoms with Crippen LogP contribution in [0.3, 0.4) is 0 Å². The van der Waals surface area contributed by atoms with Crippen molar-refractivity contribution in [2.45, 2.75) is 19.9 Å². The number of rotatable bonds is 6. The number of hydrogen-bond donors (Lipinski definition) is 1. The Morgan fingerprint density at radius 3 is 2.95 bits per heavy atom. The summed E-state index contributed by atoms with van der Waals surface area (Å²) < 4.78 is 6.36. The number of nitrogens with one attached hydrogen (secondary N) is 1. The van der Waals surface area contributed by atoms with E-state index in [0.29, 0.717) is 12.4 Å². The van der Waals surface area contributed by atoms with Crippen molar-refractivity contribution in [3.05, 3.63) is 46.5 Å². The Kier molecular flexibility index (Phi) is 4.70. The molecule has 0 spiro atoms. The first-order valence-corrected chi connectivity index (χ1v) is 6.54. The Balaban J connectivity index is 2.19. The molecule has 0 radical (unpaired) electrons. The molecule has 0 aliphatic carbocycles. The first kappa shape index (κ1) is 14.0. The van der Waals surface area contributed by atoms with E-state index in [1.54, 1.807) is 12.3 Å². The molecule has 0 fully saturated rings. The van der Waals surface area contributed by atoms with Crippen molar-refractivity contribution < 1.29 is 4.74 Å². The molecule has 0 saturated heterocycles. The molecule has 0 amide bonds. The van der Waals surface area contributed by atoms with E-state index in [4.69, 9.17) is 4.74 Å². The Hall–Kier alpha value is -2.37. The van der Waals surface area contributed by atoms with E-state index in [2.05, 4.69) is 22.3 Å². The average Bonchev–Trinajstić information content (AvgIpc) is 2.48. The highest BCUT2D eigenvalue weighted by Crippen LogP contribution is 2.09. The normalized spacial score (nSPS) is 10.3. The van der Waals surface area contributed by atoms with Crippen LogP contribution in [0, 0.1) is 0 Å². The Morgan fingerprint density at radius 2 is 2.20 bits per heavy atom. The molecule has 0 unspecified atom stereocenters. The third-order valence-electron chi connectivity index (χ3n) is 2.76. The molecule has 2 rings (SSSR count). The standard InChI is InChI=1S/C14H18N4O2/c1-3-7-15-11-6-8-16-12(9-11)10-18-14(19)5-4-13(17-18)20-2/h4-6,8-9H,3,7,10H2,1-2H3,(H,15,16). The minimum Gasteiger partial charge on any atom is -0.480 e. The average molecular weight is 274 g/mol. The van der Waals surface area contributed by atoms with Gasteiger partial charge in [0.15, 0.2) is 0 Å². The fourth-order valence-electron chi connectivity index (χ4n) is 1.75. The van der Waals surface area contributed by atoms with Crippen LogP contribution >= 0.6 is 0 Å². The molecule has 1 N–H and O–H groups in total. The summed E-state index contributed by atoms with van der Waals surface area (Å²) in [4.78, 5) is 16.0. The van der Waals surface area contributed by atoms with Gasteiger partial charge in [0.25, 0.3) is 5.56 Å². The molecular formula is C14H18N4O2. The topological polar surface area (TPSA) is 69.0 Å². The van der Waals surface area contributed by atoms with Crippen molar-refractivity contribution in [3.63, 3.8) is 0 Å². The third-order valence-corrected chi connectivity index (χ3v) is 2.76. The van der Waals surface area contributed by atoms with Crippen molar-refractivity contribution in [2.75, 3.05) is 19.0 Å². The molecule has 0 aliphatic heterocycles. The van der Waals surface area contributed by atoms with E-state index in [1.807, 2.05) is 12.1 Å². The summed E-state index contributed by atoms with van der Waals surface area (Å²) in [6, 6.07) is 6.81. The summed E-state index contributed by atoms with van der Waals surface area (Å²) in [6.07, 6.45) is 2.77. The van der Waals surface area contributed by atoms with Gasteiger partial charge in [-0.1, -0.05) is 6.92 Å². The highest BCUT2D eigenvalue weighted by Gasteiger charge is 2.04. The Bertz CT molecular complexity index is 625. The maximum Gasteiger partial charge on any atom is 0.267 e. The second-order valence-electron chi connectivity index (χ2n) is 4.33. The van der Waals surface area contributed by atoms with Gasteiger partial charge in [-0.05, 0) is 18.6 Å². The van der Waals surface area contributed by atoms with Crippen LogP contribution in [0.4, 0.5) is 5.69 Å². The zero-order valence-electron chi connectivity index (χ0n) is 11.7. The van der Waals surface area contributed by atoms with Gasteiger partial charge < -0.3 is 10.1 Å². The van der Waals surface area contributed by atoms with Gasteiger partial charge in [0.05, 0.1) is 19.3 Å². The van der Waals surface area contributed by atoms with E-state index < -0.39 is 0 Å². The molecule has 0 aromatic carbocycles. The predicted octanol–water partition coefficient (Wildman–Crippen LogP) is 1.52. The quantitative estimate of drug-likeness (QED) is 0.865. The Labute approximate surface area is 117 Å². The van der Waals surface area contributed by atoms with Crippen LogP contribution < -0.4 is 15.6 Å². The molecular weight excluding hydrogens is 256 g/mol. The number of hydrogen-bond acceptors (Lipinski definition) is 5. The lowest BCUT2D eigenvalue weighted by Crippen LogP contribution is -2.23. The molecule has 2 aromatic rings. The zero-order chi connectivity index (χ0) is 14.4. The predicted molar refractivity (Wildman–Crippen MR) is 77.2 cm³/mol. The molecule has 6 heteroatoms. The van der Waals surface area contributed by atoms with Gasteiger partial charge in [0.1, 0.15) is 0 Å². The van der Waals surface area contributed by atoms with Crippen LogP contribution in [-0.4, -0.2) is 28.4 Å². The summed E-state index contributed by atoms with van der Waals surface area (Å²) in [5.74, 6) is 0.407. The third kappa shape index (κ3) is 3.57. The van der Waals surface area contributed by atoms with Crippen LogP contribution in [-0.2, 0) is 6.54 Å². The molecule has 0 bridgehead atoms. The first-order chi connectivity index (χ1) is 9.72. The van der Waals surface area contributed by atoms with Gasteiger partial charge in [-0.2, -0.15) is 0 Å². The molecule has 20 heavy (non-hydrogen) atoms. The van der Waals surface area contributed by atoms with Crippen molar-refractivity contribution >= 4 is 5.69 Å². The zero-order valence-corrected chi connectivity index (χ0v) is 11.7. The highest BCUT2D eigenvalue weighted by molar-refractivity contribution is 5.43. The van der Waals surface area contributed by atoms with Gasteiger partial charge in [0.2, 0.25) is 5.88 Å².